The molecule has 3 nitrogen and oxygen atoms in total. The van der Waals surface area contributed by atoms with Gasteiger partial charge in [-0.3, -0.25) is 0 Å². The lowest BCUT2D eigenvalue weighted by Gasteiger charge is -2.31. The number of nitrogens with one attached hydrogen (secondary N) is 1. The van der Waals surface area contributed by atoms with Crippen LogP contribution in [0.5, 0.6) is 5.75 Å². The van der Waals surface area contributed by atoms with Crippen molar-refractivity contribution in [3.63, 3.8) is 0 Å². The van der Waals surface area contributed by atoms with Gasteiger partial charge >= 0.3 is 0 Å². The third kappa shape index (κ3) is 3.63. The van der Waals surface area contributed by atoms with E-state index in [1.54, 1.807) is 7.11 Å². The average molecular weight is 236 g/mol. The van der Waals surface area contributed by atoms with E-state index in [9.17, 15) is 0 Å². The van der Waals surface area contributed by atoms with E-state index in [4.69, 9.17) is 10.5 Å². The number of benzene rings is 1. The molecule has 1 rings (SSSR count). The van der Waals surface area contributed by atoms with Gasteiger partial charge in [-0.2, -0.15) is 0 Å². The molecule has 0 heterocycles. The molecule has 96 valence electrons. The Morgan fingerprint density at radius 3 is 2.65 bits per heavy atom. The molecule has 1 aromatic rings. The molecule has 0 aliphatic heterocycles. The van der Waals surface area contributed by atoms with Crippen molar-refractivity contribution >= 4 is 5.69 Å². The Hall–Kier alpha value is -1.22. The number of nitrogens with two attached hydrogens (primary N) is 1. The summed E-state index contributed by atoms with van der Waals surface area (Å²) >= 11 is 0. The minimum atomic E-state index is -0.0497. The van der Waals surface area contributed by atoms with E-state index in [2.05, 4.69) is 32.2 Å². The van der Waals surface area contributed by atoms with Crippen molar-refractivity contribution in [1.29, 1.82) is 0 Å². The number of methoxy groups -OCH3 is 1. The van der Waals surface area contributed by atoms with Gasteiger partial charge in [-0.05, 0) is 31.9 Å². The zero-order valence-corrected chi connectivity index (χ0v) is 11.3. The summed E-state index contributed by atoms with van der Waals surface area (Å²) in [5, 5.41) is 3.54. The molecule has 1 unspecified atom stereocenters. The Kier molecular flexibility index (Phi) is 4.82. The van der Waals surface area contributed by atoms with Crippen LogP contribution in [0.1, 0.15) is 32.3 Å². The van der Waals surface area contributed by atoms with Crippen LogP contribution in [0.2, 0.25) is 0 Å². The van der Waals surface area contributed by atoms with Crippen molar-refractivity contribution in [2.75, 3.05) is 19.0 Å². The van der Waals surface area contributed by atoms with E-state index in [1.807, 2.05) is 12.1 Å². The van der Waals surface area contributed by atoms with Gasteiger partial charge in [0, 0.05) is 23.8 Å². The lowest BCUT2D eigenvalue weighted by molar-refractivity contribution is 0.414. The van der Waals surface area contributed by atoms with Crippen molar-refractivity contribution in [3.05, 3.63) is 23.8 Å². The van der Waals surface area contributed by atoms with Crippen molar-refractivity contribution in [2.45, 2.75) is 39.2 Å². The third-order valence-corrected chi connectivity index (χ3v) is 3.13. The summed E-state index contributed by atoms with van der Waals surface area (Å²) in [5.41, 5.74) is 8.13. The number of rotatable bonds is 6. The van der Waals surface area contributed by atoms with Gasteiger partial charge in [0.05, 0.1) is 7.11 Å². The molecule has 0 bridgehead atoms. The van der Waals surface area contributed by atoms with Crippen molar-refractivity contribution in [1.82, 2.24) is 0 Å². The van der Waals surface area contributed by atoms with Gasteiger partial charge in [-0.15, -0.1) is 0 Å². The van der Waals surface area contributed by atoms with Crippen LogP contribution < -0.4 is 15.8 Å². The quantitative estimate of drug-likeness (QED) is 0.798. The first-order chi connectivity index (χ1) is 8.04. The first kappa shape index (κ1) is 13.8. The van der Waals surface area contributed by atoms with Gasteiger partial charge in [0.15, 0.2) is 0 Å². The number of anilines is 1. The predicted molar refractivity (Wildman–Crippen MR) is 73.7 cm³/mol. The zero-order valence-electron chi connectivity index (χ0n) is 11.3. The SMILES string of the molecule is CCCC(C)(CN)Nc1cc(OC)ccc1C. The molecular weight excluding hydrogens is 212 g/mol. The van der Waals surface area contributed by atoms with Crippen LogP contribution in [0.25, 0.3) is 0 Å². The molecule has 3 N–H and O–H groups in total. The minimum Gasteiger partial charge on any atom is -0.497 e. The molecule has 0 spiro atoms. The third-order valence-electron chi connectivity index (χ3n) is 3.13. The summed E-state index contributed by atoms with van der Waals surface area (Å²) in [6, 6.07) is 6.06. The predicted octanol–water partition coefficient (Wildman–Crippen LogP) is 2.93. The van der Waals surface area contributed by atoms with Gasteiger partial charge in [0.25, 0.3) is 0 Å². The van der Waals surface area contributed by atoms with Crippen molar-refractivity contribution in [3.8, 4) is 5.75 Å². The van der Waals surface area contributed by atoms with Crippen LogP contribution in [0.4, 0.5) is 5.69 Å². The second kappa shape index (κ2) is 5.92. The van der Waals surface area contributed by atoms with E-state index >= 15 is 0 Å². The highest BCUT2D eigenvalue weighted by atomic mass is 16.5. The summed E-state index contributed by atoms with van der Waals surface area (Å²) < 4.78 is 5.25. The molecular formula is C14H24N2O. The standard InChI is InChI=1S/C14H24N2O/c1-5-8-14(3,10-15)16-13-9-12(17-4)7-6-11(13)2/h6-7,9,16H,5,8,10,15H2,1-4H3. The fraction of sp³-hybridized carbons (Fsp3) is 0.571. The molecule has 0 amide bonds. The molecule has 0 aliphatic carbocycles. The van der Waals surface area contributed by atoms with Crippen molar-refractivity contribution in [2.24, 2.45) is 5.73 Å². The molecule has 1 atom stereocenters. The average Bonchev–Trinajstić information content (AvgIpc) is 2.32. The molecule has 0 aliphatic rings. The highest BCUT2D eigenvalue weighted by Crippen LogP contribution is 2.26. The zero-order chi connectivity index (χ0) is 12.9. The van der Waals surface area contributed by atoms with E-state index in [0.717, 1.165) is 24.3 Å². The second-order valence-electron chi connectivity index (χ2n) is 4.82. The molecule has 3 heteroatoms. The smallest absolute Gasteiger partial charge is 0.120 e. The number of hydrogen-bond donors (Lipinski definition) is 2. The Morgan fingerprint density at radius 1 is 1.41 bits per heavy atom. The number of aryl methyl sites for hydroxylation is 1. The molecule has 1 aromatic carbocycles. The normalized spacial score (nSPS) is 14.2. The fourth-order valence-electron chi connectivity index (χ4n) is 1.96. The van der Waals surface area contributed by atoms with Gasteiger partial charge in [0.1, 0.15) is 5.75 Å². The summed E-state index contributed by atoms with van der Waals surface area (Å²) in [4.78, 5) is 0. The molecule has 0 saturated heterocycles. The van der Waals surface area contributed by atoms with Crippen LogP contribution >= 0.6 is 0 Å². The van der Waals surface area contributed by atoms with Gasteiger partial charge in [-0.25, -0.2) is 0 Å². The van der Waals surface area contributed by atoms with Gasteiger partial charge < -0.3 is 15.8 Å². The van der Waals surface area contributed by atoms with Gasteiger partial charge in [0.2, 0.25) is 0 Å². The van der Waals surface area contributed by atoms with Crippen LogP contribution in [-0.2, 0) is 0 Å². The first-order valence-electron chi connectivity index (χ1n) is 6.17. The van der Waals surface area contributed by atoms with Gasteiger partial charge in [-0.1, -0.05) is 19.4 Å². The lowest BCUT2D eigenvalue weighted by atomic mass is 9.95. The molecule has 0 saturated carbocycles. The Bertz CT molecular complexity index is 365. The van der Waals surface area contributed by atoms with Crippen LogP contribution in [-0.4, -0.2) is 19.2 Å². The van der Waals surface area contributed by atoms with Crippen LogP contribution in [0.3, 0.4) is 0 Å². The highest BCUT2D eigenvalue weighted by molar-refractivity contribution is 5.56. The first-order valence-corrected chi connectivity index (χ1v) is 6.17. The largest absolute Gasteiger partial charge is 0.497 e. The highest BCUT2D eigenvalue weighted by Gasteiger charge is 2.21. The summed E-state index contributed by atoms with van der Waals surface area (Å²) in [5.74, 6) is 0.869. The molecule has 0 aromatic heterocycles. The maximum atomic E-state index is 5.87. The van der Waals surface area contributed by atoms with E-state index < -0.39 is 0 Å². The van der Waals surface area contributed by atoms with E-state index in [-0.39, 0.29) is 5.54 Å². The summed E-state index contributed by atoms with van der Waals surface area (Å²) in [6.07, 6.45) is 2.17. The maximum absolute atomic E-state index is 5.87. The van der Waals surface area contributed by atoms with E-state index in [1.165, 1.54) is 5.56 Å². The van der Waals surface area contributed by atoms with E-state index in [0.29, 0.717) is 6.54 Å². The molecule has 0 fully saturated rings. The second-order valence-corrected chi connectivity index (χ2v) is 4.82. The Balaban J connectivity index is 2.92. The maximum Gasteiger partial charge on any atom is 0.120 e. The topological polar surface area (TPSA) is 47.3 Å². The monoisotopic (exact) mass is 236 g/mol. The fourth-order valence-corrected chi connectivity index (χ4v) is 1.96. The van der Waals surface area contributed by atoms with Crippen molar-refractivity contribution < 1.29 is 4.74 Å². The molecule has 17 heavy (non-hydrogen) atoms. The Labute approximate surface area is 104 Å². The summed E-state index contributed by atoms with van der Waals surface area (Å²) in [6.45, 7) is 7.05. The van der Waals surface area contributed by atoms with Crippen LogP contribution in [0, 0.1) is 6.92 Å². The Morgan fingerprint density at radius 2 is 2.12 bits per heavy atom. The lowest BCUT2D eigenvalue weighted by Crippen LogP contribution is -2.42. The number of ether oxygens (including phenoxy) is 1. The van der Waals surface area contributed by atoms with Crippen LogP contribution in [0.15, 0.2) is 18.2 Å². The number of hydrogen-bond acceptors (Lipinski definition) is 3. The summed E-state index contributed by atoms with van der Waals surface area (Å²) in [7, 11) is 1.68. The molecule has 0 radical (unpaired) electrons. The minimum absolute atomic E-state index is 0.0497.